The van der Waals surface area contributed by atoms with Crippen molar-refractivity contribution >= 4 is 34.0 Å². The number of hydrogen-bond donors (Lipinski definition) is 1. The Balaban J connectivity index is 1.61. The maximum absolute atomic E-state index is 13.4. The molecule has 1 aromatic carbocycles. The zero-order valence-corrected chi connectivity index (χ0v) is 16.0. The van der Waals surface area contributed by atoms with Crippen LogP contribution in [-0.2, 0) is 6.54 Å². The maximum Gasteiger partial charge on any atom is 0.260 e. The van der Waals surface area contributed by atoms with E-state index in [-0.39, 0.29) is 5.91 Å². The smallest absolute Gasteiger partial charge is 0.260 e. The van der Waals surface area contributed by atoms with Gasteiger partial charge in [0, 0.05) is 36.4 Å². The van der Waals surface area contributed by atoms with E-state index in [1.807, 2.05) is 53.2 Å². The van der Waals surface area contributed by atoms with E-state index in [0.717, 1.165) is 22.2 Å². The van der Waals surface area contributed by atoms with Gasteiger partial charge in [0.2, 0.25) is 0 Å². The summed E-state index contributed by atoms with van der Waals surface area (Å²) in [5, 5.41) is 0.994. The lowest BCUT2D eigenvalue weighted by molar-refractivity contribution is 0.0985. The summed E-state index contributed by atoms with van der Waals surface area (Å²) in [6.45, 7) is 0.354. The van der Waals surface area contributed by atoms with Gasteiger partial charge in [0.25, 0.3) is 5.91 Å². The van der Waals surface area contributed by atoms with Crippen LogP contribution in [0.15, 0.2) is 85.6 Å². The monoisotopic (exact) mass is 394 g/mol. The zero-order valence-electron chi connectivity index (χ0n) is 16.0. The molecule has 146 valence electrons. The van der Waals surface area contributed by atoms with Gasteiger partial charge in [-0.2, -0.15) is 0 Å². The van der Waals surface area contributed by atoms with E-state index in [4.69, 9.17) is 5.73 Å². The lowest BCUT2D eigenvalue weighted by Gasteiger charge is -2.23. The van der Waals surface area contributed by atoms with Crippen LogP contribution in [0.1, 0.15) is 15.9 Å². The SMILES string of the molecule is Nc1ccc2ccc(CN(C(=O)c3cccnc3)c3cccn4ccnc34)cc2n1. The number of hydrogen-bond acceptors (Lipinski definition) is 5. The summed E-state index contributed by atoms with van der Waals surface area (Å²) >= 11 is 0. The lowest BCUT2D eigenvalue weighted by Crippen LogP contribution is -2.31. The number of pyridine rings is 3. The molecule has 7 heteroatoms. The summed E-state index contributed by atoms with van der Waals surface area (Å²) in [6.07, 6.45) is 8.70. The van der Waals surface area contributed by atoms with E-state index in [1.165, 1.54) is 0 Å². The van der Waals surface area contributed by atoms with Gasteiger partial charge in [-0.05, 0) is 48.0 Å². The number of carbonyl (C=O) groups is 1. The van der Waals surface area contributed by atoms with E-state index in [9.17, 15) is 4.79 Å². The summed E-state index contributed by atoms with van der Waals surface area (Å²) in [5.74, 6) is 0.310. The molecule has 4 heterocycles. The molecule has 0 aliphatic rings. The van der Waals surface area contributed by atoms with Crippen LogP contribution in [0, 0.1) is 0 Å². The van der Waals surface area contributed by atoms with Gasteiger partial charge in [-0.1, -0.05) is 12.1 Å². The van der Waals surface area contributed by atoms with Crippen molar-refractivity contribution in [3.8, 4) is 0 Å². The molecular formula is C23H18N6O. The van der Waals surface area contributed by atoms with E-state index < -0.39 is 0 Å². The number of nitrogens with two attached hydrogens (primary N) is 1. The highest BCUT2D eigenvalue weighted by Gasteiger charge is 2.21. The first-order valence-corrected chi connectivity index (χ1v) is 9.48. The number of imidazole rings is 1. The second-order valence-corrected chi connectivity index (χ2v) is 6.95. The predicted molar refractivity (Wildman–Crippen MR) is 116 cm³/mol. The lowest BCUT2D eigenvalue weighted by atomic mass is 10.1. The Morgan fingerprint density at radius 3 is 2.80 bits per heavy atom. The molecule has 5 aromatic rings. The van der Waals surface area contributed by atoms with Crippen molar-refractivity contribution in [3.63, 3.8) is 0 Å². The minimum absolute atomic E-state index is 0.153. The van der Waals surface area contributed by atoms with Gasteiger partial charge in [0.15, 0.2) is 5.65 Å². The first-order chi connectivity index (χ1) is 14.7. The predicted octanol–water partition coefficient (Wildman–Crippen LogP) is 3.71. The summed E-state index contributed by atoms with van der Waals surface area (Å²) < 4.78 is 1.89. The number of nitrogen functional groups attached to an aromatic ring is 1. The normalized spacial score (nSPS) is 11.1. The number of anilines is 2. The van der Waals surface area contributed by atoms with Gasteiger partial charge in [-0.3, -0.25) is 9.78 Å². The minimum Gasteiger partial charge on any atom is -0.384 e. The van der Waals surface area contributed by atoms with E-state index in [1.54, 1.807) is 41.7 Å². The second-order valence-electron chi connectivity index (χ2n) is 6.95. The third kappa shape index (κ3) is 3.22. The fraction of sp³-hybridized carbons (Fsp3) is 0.0435. The highest BCUT2D eigenvalue weighted by atomic mass is 16.2. The molecule has 2 N–H and O–H groups in total. The van der Waals surface area contributed by atoms with Gasteiger partial charge in [0.05, 0.1) is 23.3 Å². The van der Waals surface area contributed by atoms with Crippen molar-refractivity contribution in [2.75, 3.05) is 10.6 Å². The van der Waals surface area contributed by atoms with Crippen LogP contribution < -0.4 is 10.6 Å². The van der Waals surface area contributed by atoms with Crippen LogP contribution >= 0.6 is 0 Å². The molecule has 1 amide bonds. The quantitative estimate of drug-likeness (QED) is 0.502. The Kier molecular flexibility index (Phi) is 4.33. The van der Waals surface area contributed by atoms with Crippen molar-refractivity contribution in [1.82, 2.24) is 19.4 Å². The highest BCUT2D eigenvalue weighted by molar-refractivity contribution is 6.07. The van der Waals surface area contributed by atoms with Crippen LogP contribution in [0.5, 0.6) is 0 Å². The van der Waals surface area contributed by atoms with E-state index in [2.05, 4.69) is 15.0 Å². The number of fused-ring (bicyclic) bond motifs is 2. The molecule has 0 atom stereocenters. The third-order valence-corrected chi connectivity index (χ3v) is 4.96. The topological polar surface area (TPSA) is 89.4 Å². The Morgan fingerprint density at radius 2 is 1.93 bits per heavy atom. The number of nitrogens with zero attached hydrogens (tertiary/aromatic N) is 5. The molecule has 7 nitrogen and oxygen atoms in total. The fourth-order valence-electron chi connectivity index (χ4n) is 3.51. The summed E-state index contributed by atoms with van der Waals surface area (Å²) in [6, 6.07) is 17.0. The molecule has 0 bridgehead atoms. The number of aromatic nitrogens is 4. The molecule has 0 unspecified atom stereocenters. The van der Waals surface area contributed by atoms with Crippen LogP contribution in [-0.4, -0.2) is 25.3 Å². The Bertz CT molecular complexity index is 1360. The molecular weight excluding hydrogens is 376 g/mol. The molecule has 30 heavy (non-hydrogen) atoms. The van der Waals surface area contributed by atoms with Crippen molar-refractivity contribution < 1.29 is 4.79 Å². The standard InChI is InChI=1S/C23H18N6O/c24-21-8-7-17-6-5-16(13-19(17)27-21)15-29(23(30)18-3-1-9-25-14-18)20-4-2-11-28-12-10-26-22(20)28/h1-14H,15H2,(H2,24,27). The first-order valence-electron chi connectivity index (χ1n) is 9.48. The molecule has 0 saturated heterocycles. The molecule has 0 saturated carbocycles. The molecule has 5 rings (SSSR count). The number of benzene rings is 1. The van der Waals surface area contributed by atoms with Gasteiger partial charge in [0.1, 0.15) is 5.82 Å². The number of amides is 1. The molecule has 0 radical (unpaired) electrons. The average Bonchev–Trinajstić information content (AvgIpc) is 3.26. The maximum atomic E-state index is 13.4. The van der Waals surface area contributed by atoms with E-state index in [0.29, 0.717) is 23.6 Å². The van der Waals surface area contributed by atoms with Crippen LogP contribution in [0.4, 0.5) is 11.5 Å². The van der Waals surface area contributed by atoms with Gasteiger partial charge >= 0.3 is 0 Å². The van der Waals surface area contributed by atoms with Gasteiger partial charge < -0.3 is 15.0 Å². The second kappa shape index (κ2) is 7.29. The Morgan fingerprint density at radius 1 is 1.03 bits per heavy atom. The zero-order chi connectivity index (χ0) is 20.5. The molecule has 4 aromatic heterocycles. The molecule has 0 fully saturated rings. The first kappa shape index (κ1) is 17.8. The van der Waals surface area contributed by atoms with Gasteiger partial charge in [-0.15, -0.1) is 0 Å². The summed E-state index contributed by atoms with van der Waals surface area (Å²) in [7, 11) is 0. The van der Waals surface area contributed by atoms with Crippen molar-refractivity contribution in [1.29, 1.82) is 0 Å². The van der Waals surface area contributed by atoms with Crippen molar-refractivity contribution in [3.05, 3.63) is 96.7 Å². The summed E-state index contributed by atoms with van der Waals surface area (Å²) in [4.78, 5) is 28.1. The molecule has 0 aliphatic carbocycles. The van der Waals surface area contributed by atoms with Crippen LogP contribution in [0.25, 0.3) is 16.6 Å². The summed E-state index contributed by atoms with van der Waals surface area (Å²) in [5.41, 5.74) is 9.51. The fourth-order valence-corrected chi connectivity index (χ4v) is 3.51. The van der Waals surface area contributed by atoms with E-state index >= 15 is 0 Å². The Labute approximate surface area is 172 Å². The minimum atomic E-state index is -0.153. The van der Waals surface area contributed by atoms with Crippen molar-refractivity contribution in [2.24, 2.45) is 0 Å². The molecule has 0 spiro atoms. The van der Waals surface area contributed by atoms with Crippen molar-refractivity contribution in [2.45, 2.75) is 6.54 Å². The average molecular weight is 394 g/mol. The van der Waals surface area contributed by atoms with Crippen LogP contribution in [0.2, 0.25) is 0 Å². The Hall–Kier alpha value is -4.26. The highest BCUT2D eigenvalue weighted by Crippen LogP contribution is 2.25. The van der Waals surface area contributed by atoms with Crippen LogP contribution in [0.3, 0.4) is 0 Å². The number of carbonyl (C=O) groups excluding carboxylic acids is 1. The third-order valence-electron chi connectivity index (χ3n) is 4.96. The van der Waals surface area contributed by atoms with Gasteiger partial charge in [-0.25, -0.2) is 9.97 Å². The largest absolute Gasteiger partial charge is 0.384 e. The number of rotatable bonds is 4. The molecule has 0 aliphatic heterocycles.